The Kier molecular flexibility index (Phi) is 12.6. The normalized spacial score (nSPS) is 13.9. The zero-order chi connectivity index (χ0) is 29.8. The number of carboxylic acid groups (broad SMARTS) is 4. The summed E-state index contributed by atoms with van der Waals surface area (Å²) in [6.07, 6.45) is -5.29. The fourth-order valence-electron chi connectivity index (χ4n) is 3.39. The number of amides is 1. The molecule has 0 saturated carbocycles. The van der Waals surface area contributed by atoms with E-state index in [1.165, 1.54) is 0 Å². The molecular formula is C25H27F3N2O9. The van der Waals surface area contributed by atoms with Crippen molar-refractivity contribution in [3.63, 3.8) is 0 Å². The molecule has 2 rings (SSSR count). The lowest BCUT2D eigenvalue weighted by atomic mass is 9.90. The Labute approximate surface area is 220 Å². The first-order valence-electron chi connectivity index (χ1n) is 11.3. The highest BCUT2D eigenvalue weighted by Crippen LogP contribution is 2.17. The standard InChI is InChI=1S/C23H26N2O7.C2HF3O2/c24-18(13-16(21(27)28)11-14-7-3-1-4-8-14)20(26)25-19(23(31)32)17(22(29)30)12-15-9-5-2-6-10-15;3-2(4,5)1(6)7/h1-10,16-19H,11-13,24H2,(H,25,26)(H,27,28)(H,29,30)(H,31,32);(H,6,7)/t16?,17?,18-,19-;/m0./s1. The summed E-state index contributed by atoms with van der Waals surface area (Å²) in [5.74, 6) is -10.1. The van der Waals surface area contributed by atoms with Gasteiger partial charge in [0, 0.05) is 0 Å². The number of carbonyl (C=O) groups is 5. The highest BCUT2D eigenvalue weighted by atomic mass is 19.4. The maximum absolute atomic E-state index is 12.6. The molecule has 4 atom stereocenters. The highest BCUT2D eigenvalue weighted by molar-refractivity contribution is 5.90. The largest absolute Gasteiger partial charge is 0.490 e. The van der Waals surface area contributed by atoms with Crippen LogP contribution < -0.4 is 11.1 Å². The zero-order valence-corrected chi connectivity index (χ0v) is 20.2. The fourth-order valence-corrected chi connectivity index (χ4v) is 3.39. The minimum atomic E-state index is -5.08. The van der Waals surface area contributed by atoms with E-state index in [1.807, 2.05) is 0 Å². The van der Waals surface area contributed by atoms with E-state index in [9.17, 15) is 47.7 Å². The SMILES string of the molecule is N[C@@H](CC(Cc1ccccc1)C(=O)O)C(=O)N[C@H](C(=O)O)C(Cc1ccccc1)C(=O)O.O=C(O)C(F)(F)F. The van der Waals surface area contributed by atoms with E-state index >= 15 is 0 Å². The van der Waals surface area contributed by atoms with Gasteiger partial charge < -0.3 is 31.5 Å². The van der Waals surface area contributed by atoms with E-state index in [-0.39, 0.29) is 19.3 Å². The van der Waals surface area contributed by atoms with Gasteiger partial charge in [-0.2, -0.15) is 13.2 Å². The lowest BCUT2D eigenvalue weighted by Crippen LogP contribution is -2.54. The summed E-state index contributed by atoms with van der Waals surface area (Å²) in [6, 6.07) is 14.2. The molecule has 14 heteroatoms. The van der Waals surface area contributed by atoms with Crippen molar-refractivity contribution in [1.82, 2.24) is 5.32 Å². The molecule has 212 valence electrons. The summed E-state index contributed by atoms with van der Waals surface area (Å²) in [5, 5.41) is 37.9. The van der Waals surface area contributed by atoms with Crippen molar-refractivity contribution in [1.29, 1.82) is 0 Å². The minimum Gasteiger partial charge on any atom is -0.481 e. The number of halogens is 3. The van der Waals surface area contributed by atoms with Gasteiger partial charge in [0.1, 0.15) is 6.04 Å². The van der Waals surface area contributed by atoms with Gasteiger partial charge in [-0.25, -0.2) is 9.59 Å². The number of nitrogens with two attached hydrogens (primary N) is 1. The van der Waals surface area contributed by atoms with Crippen LogP contribution in [0.5, 0.6) is 0 Å². The number of carboxylic acids is 4. The van der Waals surface area contributed by atoms with Crippen molar-refractivity contribution < 1.29 is 57.6 Å². The highest BCUT2D eigenvalue weighted by Gasteiger charge is 2.38. The smallest absolute Gasteiger partial charge is 0.481 e. The molecule has 11 nitrogen and oxygen atoms in total. The van der Waals surface area contributed by atoms with Crippen molar-refractivity contribution in [2.24, 2.45) is 17.6 Å². The van der Waals surface area contributed by atoms with Crippen LogP contribution in [0.3, 0.4) is 0 Å². The Bertz CT molecular complexity index is 1130. The average Bonchev–Trinajstić information content (AvgIpc) is 2.86. The van der Waals surface area contributed by atoms with Gasteiger partial charge in [-0.05, 0) is 30.4 Å². The van der Waals surface area contributed by atoms with Crippen LogP contribution in [0.1, 0.15) is 17.5 Å². The molecule has 2 aromatic rings. The molecule has 2 unspecified atom stereocenters. The molecule has 0 radical (unpaired) electrons. The summed E-state index contributed by atoms with van der Waals surface area (Å²) >= 11 is 0. The first kappa shape index (κ1) is 32.6. The van der Waals surface area contributed by atoms with Crippen molar-refractivity contribution in [3.05, 3.63) is 71.8 Å². The molecule has 0 aliphatic carbocycles. The van der Waals surface area contributed by atoms with E-state index in [0.717, 1.165) is 5.56 Å². The maximum atomic E-state index is 12.6. The Balaban J connectivity index is 0.000000956. The van der Waals surface area contributed by atoms with Gasteiger partial charge in [0.15, 0.2) is 0 Å². The number of carbonyl (C=O) groups excluding carboxylic acids is 1. The number of hydrogen-bond donors (Lipinski definition) is 6. The Morgan fingerprint density at radius 1 is 0.744 bits per heavy atom. The summed E-state index contributed by atoms with van der Waals surface area (Å²) < 4.78 is 31.7. The molecule has 0 fully saturated rings. The predicted molar refractivity (Wildman–Crippen MR) is 128 cm³/mol. The molecule has 2 aromatic carbocycles. The molecular weight excluding hydrogens is 529 g/mol. The van der Waals surface area contributed by atoms with Gasteiger partial charge in [-0.1, -0.05) is 60.7 Å². The zero-order valence-electron chi connectivity index (χ0n) is 20.2. The van der Waals surface area contributed by atoms with E-state index < -0.39 is 59.9 Å². The van der Waals surface area contributed by atoms with E-state index in [1.54, 1.807) is 60.7 Å². The van der Waals surface area contributed by atoms with Gasteiger partial charge in [0.2, 0.25) is 5.91 Å². The number of nitrogens with one attached hydrogen (secondary N) is 1. The number of aliphatic carboxylic acids is 4. The number of alkyl halides is 3. The van der Waals surface area contributed by atoms with Gasteiger partial charge in [0.05, 0.1) is 17.9 Å². The Hall–Kier alpha value is -4.46. The molecule has 7 N–H and O–H groups in total. The molecule has 0 spiro atoms. The van der Waals surface area contributed by atoms with E-state index in [0.29, 0.717) is 5.56 Å². The second kappa shape index (κ2) is 15.1. The molecule has 0 aliphatic heterocycles. The van der Waals surface area contributed by atoms with E-state index in [2.05, 4.69) is 5.32 Å². The molecule has 0 aliphatic rings. The van der Waals surface area contributed by atoms with Crippen LogP contribution in [0.4, 0.5) is 13.2 Å². The summed E-state index contributed by atoms with van der Waals surface area (Å²) in [5.41, 5.74) is 7.22. The third kappa shape index (κ3) is 11.6. The Morgan fingerprint density at radius 3 is 1.54 bits per heavy atom. The molecule has 0 saturated heterocycles. The lowest BCUT2D eigenvalue weighted by molar-refractivity contribution is -0.192. The van der Waals surface area contributed by atoms with Gasteiger partial charge in [-0.15, -0.1) is 0 Å². The minimum absolute atomic E-state index is 0.117. The molecule has 0 bridgehead atoms. The average molecular weight is 556 g/mol. The maximum Gasteiger partial charge on any atom is 0.490 e. The first-order valence-corrected chi connectivity index (χ1v) is 11.3. The van der Waals surface area contributed by atoms with E-state index in [4.69, 9.17) is 15.6 Å². The number of benzene rings is 2. The summed E-state index contributed by atoms with van der Waals surface area (Å²) in [4.78, 5) is 56.6. The molecule has 39 heavy (non-hydrogen) atoms. The molecule has 0 heterocycles. The van der Waals surface area contributed by atoms with Crippen LogP contribution >= 0.6 is 0 Å². The quantitative estimate of drug-likeness (QED) is 0.224. The van der Waals surface area contributed by atoms with Crippen LogP contribution in [0.2, 0.25) is 0 Å². The number of rotatable bonds is 12. The van der Waals surface area contributed by atoms with Crippen LogP contribution in [0.15, 0.2) is 60.7 Å². The van der Waals surface area contributed by atoms with Crippen molar-refractivity contribution >= 4 is 29.8 Å². The van der Waals surface area contributed by atoms with Crippen LogP contribution in [0, 0.1) is 11.8 Å². The third-order valence-electron chi connectivity index (χ3n) is 5.37. The summed E-state index contributed by atoms with van der Waals surface area (Å²) in [6.45, 7) is 0. The van der Waals surface area contributed by atoms with Gasteiger partial charge >= 0.3 is 30.1 Å². The Morgan fingerprint density at radius 2 is 1.18 bits per heavy atom. The molecule has 0 aromatic heterocycles. The molecule has 1 amide bonds. The topological polar surface area (TPSA) is 204 Å². The third-order valence-corrected chi connectivity index (χ3v) is 5.37. The predicted octanol–water partition coefficient (Wildman–Crippen LogP) is 1.79. The van der Waals surface area contributed by atoms with Crippen LogP contribution in [-0.2, 0) is 36.8 Å². The first-order chi connectivity index (χ1) is 18.1. The van der Waals surface area contributed by atoms with Gasteiger partial charge in [-0.3, -0.25) is 14.4 Å². The monoisotopic (exact) mass is 556 g/mol. The van der Waals surface area contributed by atoms with Crippen LogP contribution in [-0.4, -0.2) is 68.5 Å². The number of hydrogen-bond acceptors (Lipinski definition) is 6. The second-order valence-corrected chi connectivity index (χ2v) is 8.33. The van der Waals surface area contributed by atoms with Crippen molar-refractivity contribution in [3.8, 4) is 0 Å². The second-order valence-electron chi connectivity index (χ2n) is 8.33. The fraction of sp³-hybridized carbons (Fsp3) is 0.320. The van der Waals surface area contributed by atoms with Crippen LogP contribution in [0.25, 0.3) is 0 Å². The van der Waals surface area contributed by atoms with Crippen molar-refractivity contribution in [2.75, 3.05) is 0 Å². The summed E-state index contributed by atoms with van der Waals surface area (Å²) in [7, 11) is 0. The lowest BCUT2D eigenvalue weighted by Gasteiger charge is -2.24. The van der Waals surface area contributed by atoms with Gasteiger partial charge in [0.25, 0.3) is 0 Å². The van der Waals surface area contributed by atoms with Crippen molar-refractivity contribution in [2.45, 2.75) is 37.5 Å².